The summed E-state index contributed by atoms with van der Waals surface area (Å²) in [7, 11) is 0. The maximum absolute atomic E-state index is 12.7. The fourth-order valence-electron chi connectivity index (χ4n) is 5.38. The van der Waals surface area contributed by atoms with Gasteiger partial charge in [0.1, 0.15) is 5.52 Å². The lowest BCUT2D eigenvalue weighted by atomic mass is 9.93. The van der Waals surface area contributed by atoms with Crippen LogP contribution in [0.25, 0.3) is 11.2 Å². The summed E-state index contributed by atoms with van der Waals surface area (Å²) in [5.74, 6) is 0.572. The van der Waals surface area contributed by atoms with Crippen LogP contribution in [0.5, 0.6) is 6.01 Å². The van der Waals surface area contributed by atoms with E-state index in [0.717, 1.165) is 57.3 Å². The molecule has 0 bridgehead atoms. The van der Waals surface area contributed by atoms with Crippen LogP contribution in [-0.2, 0) is 17.9 Å². The Morgan fingerprint density at radius 3 is 2.50 bits per heavy atom. The van der Waals surface area contributed by atoms with E-state index in [1.54, 1.807) is 4.57 Å². The predicted molar refractivity (Wildman–Crippen MR) is 171 cm³/mol. The average Bonchev–Trinajstić information content (AvgIpc) is 3.32. The molecule has 1 saturated heterocycles. The second-order valence-corrected chi connectivity index (χ2v) is 11.5. The molecular formula is C30H47N11O3. The van der Waals surface area contributed by atoms with E-state index in [4.69, 9.17) is 27.3 Å². The average molecular weight is 610 g/mol. The molecule has 4 rings (SSSR count). The molecule has 1 aliphatic heterocycles. The summed E-state index contributed by atoms with van der Waals surface area (Å²) in [6.07, 6.45) is 6.23. The zero-order chi connectivity index (χ0) is 31.5. The Hall–Kier alpha value is -4.17. The Balaban J connectivity index is 1.20. The molecule has 1 fully saturated rings. The molecule has 1 aliphatic rings. The van der Waals surface area contributed by atoms with E-state index in [9.17, 15) is 9.59 Å². The molecule has 240 valence electrons. The van der Waals surface area contributed by atoms with Crippen LogP contribution in [0.2, 0.25) is 0 Å². The Morgan fingerprint density at radius 1 is 1.11 bits per heavy atom. The summed E-state index contributed by atoms with van der Waals surface area (Å²) < 4.78 is 7.19. The highest BCUT2D eigenvalue weighted by atomic mass is 16.5. The van der Waals surface area contributed by atoms with E-state index >= 15 is 0 Å². The Bertz CT molecular complexity index is 1430. The third kappa shape index (κ3) is 9.41. The van der Waals surface area contributed by atoms with Gasteiger partial charge in [-0.25, -0.2) is 4.79 Å². The minimum atomic E-state index is -0.546. The van der Waals surface area contributed by atoms with Crippen LogP contribution in [0, 0.1) is 11.3 Å². The van der Waals surface area contributed by atoms with Crippen molar-refractivity contribution in [1.29, 1.82) is 5.41 Å². The number of H-pyrrole nitrogens is 1. The lowest BCUT2D eigenvalue weighted by Crippen LogP contribution is -2.42. The number of hydrogen-bond acceptors (Lipinski definition) is 9. The third-order valence-corrected chi connectivity index (χ3v) is 8.03. The van der Waals surface area contributed by atoms with Crippen LogP contribution in [-0.4, -0.2) is 75.1 Å². The minimum absolute atomic E-state index is 0.0750. The Morgan fingerprint density at radius 2 is 1.82 bits per heavy atom. The highest BCUT2D eigenvalue weighted by Gasteiger charge is 2.20. The number of likely N-dealkylation sites (tertiary alicyclic amines) is 1. The number of nitrogens with one attached hydrogen (secondary N) is 4. The number of guanidine groups is 1. The molecule has 10 N–H and O–H groups in total. The lowest BCUT2D eigenvalue weighted by molar-refractivity contribution is -0.122. The molecule has 1 unspecified atom stereocenters. The first-order valence-corrected chi connectivity index (χ1v) is 15.5. The summed E-state index contributed by atoms with van der Waals surface area (Å²) in [4.78, 5) is 38.8. The van der Waals surface area contributed by atoms with Crippen LogP contribution in [0.4, 0.5) is 5.82 Å². The van der Waals surface area contributed by atoms with Crippen molar-refractivity contribution in [3.63, 3.8) is 0 Å². The second-order valence-electron chi connectivity index (χ2n) is 11.5. The molecule has 1 aromatic carbocycles. The highest BCUT2D eigenvalue weighted by Crippen LogP contribution is 2.22. The number of ether oxygens (including phenoxy) is 1. The van der Waals surface area contributed by atoms with Crippen LogP contribution in [0.15, 0.2) is 29.1 Å². The van der Waals surface area contributed by atoms with Gasteiger partial charge in [0.15, 0.2) is 17.4 Å². The van der Waals surface area contributed by atoms with Gasteiger partial charge in [0.2, 0.25) is 5.91 Å². The van der Waals surface area contributed by atoms with Crippen LogP contribution >= 0.6 is 0 Å². The second kappa shape index (κ2) is 16.1. The minimum Gasteiger partial charge on any atom is -0.463 e. The quantitative estimate of drug-likeness (QED) is 0.0699. The van der Waals surface area contributed by atoms with Gasteiger partial charge in [-0.3, -0.25) is 19.7 Å². The molecule has 0 saturated carbocycles. The van der Waals surface area contributed by atoms with Crippen molar-refractivity contribution in [1.82, 2.24) is 35.1 Å². The molecule has 44 heavy (non-hydrogen) atoms. The van der Waals surface area contributed by atoms with Gasteiger partial charge >= 0.3 is 11.7 Å². The van der Waals surface area contributed by atoms with Crippen molar-refractivity contribution in [2.75, 3.05) is 38.5 Å². The number of rotatable bonds is 16. The first-order chi connectivity index (χ1) is 21.2. The number of fused-ring (bicyclic) bond motifs is 1. The van der Waals surface area contributed by atoms with Crippen LogP contribution in [0.1, 0.15) is 63.0 Å². The van der Waals surface area contributed by atoms with Gasteiger partial charge in [-0.05, 0) is 68.7 Å². The van der Waals surface area contributed by atoms with Crippen molar-refractivity contribution in [2.45, 2.75) is 71.0 Å². The molecule has 3 heterocycles. The van der Waals surface area contributed by atoms with Crippen LogP contribution < -0.4 is 38.3 Å². The number of aromatic amines is 1. The van der Waals surface area contributed by atoms with Crippen molar-refractivity contribution in [2.24, 2.45) is 17.4 Å². The number of nitrogens with two attached hydrogens (primary N) is 3. The van der Waals surface area contributed by atoms with Gasteiger partial charge in [0.05, 0.1) is 19.2 Å². The number of anilines is 1. The standard InChI is InChI=1S/C30H47N11O3/c1-2-3-17-44-29-38-25(32)24-26(39-29)41(30(43)37-24)19-22-8-6-21(7-9-22)18-40-15-11-20(12-16-40)10-14-35-27(42)23(31)5-4-13-36-28(33)34/h6-9,20,23H,2-5,10-19,31H2,1H3,(H,35,42)(H,37,43)(H2,32,38,39)(H4,33,34,36). The molecule has 14 heteroatoms. The largest absolute Gasteiger partial charge is 0.463 e. The van der Waals surface area contributed by atoms with Gasteiger partial charge in [-0.1, -0.05) is 37.6 Å². The normalized spacial score (nSPS) is 14.9. The molecule has 2 aromatic heterocycles. The Kier molecular flexibility index (Phi) is 11.9. The maximum atomic E-state index is 12.7. The van der Waals surface area contributed by atoms with Crippen molar-refractivity contribution < 1.29 is 9.53 Å². The number of aromatic nitrogens is 4. The van der Waals surface area contributed by atoms with Gasteiger partial charge < -0.3 is 37.6 Å². The highest BCUT2D eigenvalue weighted by molar-refractivity contribution is 5.82. The fraction of sp³-hybridized carbons (Fsp3) is 0.567. The Labute approximate surface area is 257 Å². The van der Waals surface area contributed by atoms with Gasteiger partial charge in [-0.2, -0.15) is 9.97 Å². The van der Waals surface area contributed by atoms with E-state index < -0.39 is 6.04 Å². The molecule has 14 nitrogen and oxygen atoms in total. The smallest absolute Gasteiger partial charge is 0.328 e. The van der Waals surface area contributed by atoms with Gasteiger partial charge in [-0.15, -0.1) is 0 Å². The first-order valence-electron chi connectivity index (χ1n) is 15.5. The molecule has 1 atom stereocenters. The summed E-state index contributed by atoms with van der Waals surface area (Å²) in [5.41, 5.74) is 20.1. The number of carbonyl (C=O) groups is 1. The summed E-state index contributed by atoms with van der Waals surface area (Å²) in [6, 6.07) is 7.94. The number of piperidine rings is 1. The van der Waals surface area contributed by atoms with Gasteiger partial charge in [0, 0.05) is 19.6 Å². The van der Waals surface area contributed by atoms with E-state index in [0.29, 0.717) is 56.2 Å². The monoisotopic (exact) mass is 609 g/mol. The number of nitrogen functional groups attached to an aromatic ring is 1. The molecule has 3 aromatic rings. The topological polar surface area (TPSA) is 219 Å². The maximum Gasteiger partial charge on any atom is 0.328 e. The zero-order valence-corrected chi connectivity index (χ0v) is 25.6. The SMILES string of the molecule is CCCCOc1nc(N)c2[nH]c(=O)n(Cc3ccc(CN4CCC(CCNC(=O)C(N)CCCNC(=N)N)CC4)cc3)c2n1. The van der Waals surface area contributed by atoms with Crippen LogP contribution in [0.3, 0.4) is 0 Å². The van der Waals surface area contributed by atoms with Gasteiger partial charge in [0.25, 0.3) is 0 Å². The number of hydrogen-bond donors (Lipinski definition) is 7. The summed E-state index contributed by atoms with van der Waals surface area (Å²) in [5, 5.41) is 12.8. The number of amides is 1. The number of unbranched alkanes of at least 4 members (excludes halogenated alkanes) is 1. The van der Waals surface area contributed by atoms with Crippen molar-refractivity contribution in [3.8, 4) is 6.01 Å². The molecular weight excluding hydrogens is 562 g/mol. The van der Waals surface area contributed by atoms with Crippen molar-refractivity contribution >= 4 is 28.8 Å². The lowest BCUT2D eigenvalue weighted by Gasteiger charge is -2.32. The van der Waals surface area contributed by atoms with E-state index in [1.807, 2.05) is 12.1 Å². The summed E-state index contributed by atoms with van der Waals surface area (Å²) >= 11 is 0. The molecule has 0 radical (unpaired) electrons. The molecule has 0 aliphatic carbocycles. The number of carbonyl (C=O) groups excluding carboxylic acids is 1. The summed E-state index contributed by atoms with van der Waals surface area (Å²) in [6.45, 7) is 6.98. The zero-order valence-electron chi connectivity index (χ0n) is 25.6. The number of imidazole rings is 1. The van der Waals surface area contributed by atoms with E-state index in [2.05, 4.69) is 49.5 Å². The van der Waals surface area contributed by atoms with Crippen molar-refractivity contribution in [3.05, 3.63) is 45.9 Å². The number of benzene rings is 1. The molecule has 0 spiro atoms. The van der Waals surface area contributed by atoms with E-state index in [-0.39, 0.29) is 29.4 Å². The van der Waals surface area contributed by atoms with E-state index in [1.165, 1.54) is 5.56 Å². The molecule has 1 amide bonds. The fourth-order valence-corrected chi connectivity index (χ4v) is 5.38. The third-order valence-electron chi connectivity index (χ3n) is 8.03. The first kappa shape index (κ1) is 32.7. The number of nitrogens with zero attached hydrogens (tertiary/aromatic N) is 4. The predicted octanol–water partition coefficient (Wildman–Crippen LogP) is 1.24.